The Hall–Kier alpha value is -0.330. The van der Waals surface area contributed by atoms with Crippen molar-refractivity contribution >= 4 is 5.78 Å². The molecule has 3 aliphatic carbocycles. The minimum absolute atomic E-state index is 0.0891. The highest BCUT2D eigenvalue weighted by molar-refractivity contribution is 5.89. The summed E-state index contributed by atoms with van der Waals surface area (Å²) in [6.45, 7) is 8.74. The van der Waals surface area contributed by atoms with Crippen molar-refractivity contribution in [2.75, 3.05) is 0 Å². The highest BCUT2D eigenvalue weighted by Gasteiger charge is 2.72. The minimum Gasteiger partial charge on any atom is -0.299 e. The van der Waals surface area contributed by atoms with Gasteiger partial charge in [-0.1, -0.05) is 27.7 Å². The summed E-state index contributed by atoms with van der Waals surface area (Å²) < 4.78 is 0. The Bertz CT molecular complexity index is 314. The Kier molecular flexibility index (Phi) is 2.10. The predicted octanol–water partition coefficient (Wildman–Crippen LogP) is 3.53. The summed E-state index contributed by atoms with van der Waals surface area (Å²) in [5.41, 5.74) is 0.0891. The lowest BCUT2D eigenvalue weighted by molar-refractivity contribution is -0.180. The van der Waals surface area contributed by atoms with Gasteiger partial charge in [0.05, 0.1) is 0 Å². The van der Waals surface area contributed by atoms with Crippen molar-refractivity contribution in [3.05, 3.63) is 0 Å². The molecule has 0 aliphatic heterocycles. The average molecular weight is 220 g/mol. The first kappa shape index (κ1) is 10.8. The summed E-state index contributed by atoms with van der Waals surface area (Å²) in [4.78, 5) is 12.7. The zero-order valence-corrected chi connectivity index (χ0v) is 11.0. The number of Topliss-reactive ketones (excluding diaryl/α,β-unsaturated/α-hetero) is 1. The Morgan fingerprint density at radius 2 is 1.62 bits per heavy atom. The van der Waals surface area contributed by atoms with Gasteiger partial charge in [-0.2, -0.15) is 0 Å². The summed E-state index contributed by atoms with van der Waals surface area (Å²) in [7, 11) is 0. The molecule has 0 spiro atoms. The predicted molar refractivity (Wildman–Crippen MR) is 64.9 cm³/mol. The molecule has 3 rings (SSSR count). The normalized spacial score (nSPS) is 48.9. The lowest BCUT2D eigenvalue weighted by Gasteiger charge is -2.62. The first-order chi connectivity index (χ1) is 7.49. The second kappa shape index (κ2) is 3.11. The molecule has 16 heavy (non-hydrogen) atoms. The molecule has 0 aromatic carbocycles. The van der Waals surface area contributed by atoms with Crippen molar-refractivity contribution in [3.63, 3.8) is 0 Å². The fraction of sp³-hybridized carbons (Fsp3) is 0.933. The van der Waals surface area contributed by atoms with Crippen LogP contribution >= 0.6 is 0 Å². The van der Waals surface area contributed by atoms with E-state index in [1.54, 1.807) is 0 Å². The van der Waals surface area contributed by atoms with Crippen molar-refractivity contribution < 1.29 is 4.79 Å². The molecule has 0 amide bonds. The molecular weight excluding hydrogens is 196 g/mol. The molecular formula is C15H24O. The van der Waals surface area contributed by atoms with Crippen LogP contribution in [0, 0.1) is 40.9 Å². The van der Waals surface area contributed by atoms with E-state index in [0.29, 0.717) is 11.7 Å². The van der Waals surface area contributed by atoms with Crippen LogP contribution in [0.3, 0.4) is 0 Å². The lowest BCUT2D eigenvalue weighted by atomic mass is 9.40. The van der Waals surface area contributed by atoms with Gasteiger partial charge in [0.15, 0.2) is 0 Å². The largest absolute Gasteiger partial charge is 0.299 e. The van der Waals surface area contributed by atoms with Gasteiger partial charge in [-0.25, -0.2) is 0 Å². The summed E-state index contributed by atoms with van der Waals surface area (Å²) in [6, 6.07) is 0. The van der Waals surface area contributed by atoms with E-state index < -0.39 is 0 Å². The number of carbonyl (C=O) groups excluding carboxylic acids is 1. The highest BCUT2D eigenvalue weighted by atomic mass is 16.1. The lowest BCUT2D eigenvalue weighted by Crippen LogP contribution is -2.63. The van der Waals surface area contributed by atoms with Gasteiger partial charge in [0.25, 0.3) is 0 Å². The molecule has 0 radical (unpaired) electrons. The number of fused-ring (bicyclic) bond motifs is 1. The first-order valence-corrected chi connectivity index (χ1v) is 7.03. The molecule has 2 unspecified atom stereocenters. The summed E-state index contributed by atoms with van der Waals surface area (Å²) in [5, 5.41) is 0. The smallest absolute Gasteiger partial charge is 0.142 e. The van der Waals surface area contributed by atoms with Crippen LogP contribution in [0.2, 0.25) is 0 Å². The fourth-order valence-electron chi connectivity index (χ4n) is 5.61. The van der Waals surface area contributed by atoms with E-state index in [0.717, 1.165) is 23.7 Å². The molecule has 0 heterocycles. The molecule has 0 N–H and O–H groups in total. The Morgan fingerprint density at radius 3 is 1.94 bits per heavy atom. The summed E-state index contributed by atoms with van der Waals surface area (Å²) in [6.07, 6.45) is 4.16. The van der Waals surface area contributed by atoms with Crippen LogP contribution < -0.4 is 0 Å². The monoisotopic (exact) mass is 220 g/mol. The van der Waals surface area contributed by atoms with E-state index >= 15 is 0 Å². The minimum atomic E-state index is 0.0891. The summed E-state index contributed by atoms with van der Waals surface area (Å²) in [5.74, 6) is 4.77. The number of hydrogen-bond donors (Lipinski definition) is 0. The van der Waals surface area contributed by atoms with Crippen LogP contribution in [0.4, 0.5) is 0 Å². The van der Waals surface area contributed by atoms with E-state index in [9.17, 15) is 4.79 Å². The molecule has 2 bridgehead atoms. The van der Waals surface area contributed by atoms with Crippen molar-refractivity contribution in [1.82, 2.24) is 0 Å². The Morgan fingerprint density at radius 1 is 1.06 bits per heavy atom. The third kappa shape index (κ3) is 0.966. The van der Waals surface area contributed by atoms with E-state index in [-0.39, 0.29) is 11.3 Å². The maximum absolute atomic E-state index is 12.7. The summed E-state index contributed by atoms with van der Waals surface area (Å²) >= 11 is 0. The number of ketones is 1. The molecule has 3 aliphatic rings. The standard InChI is InChI=1S/C15H24O/c1-8(2)14(16)15(9(3)4)12-6-10-5-11(12)13(15)7-10/h8-13H,5-7H2,1-4H3. The quantitative estimate of drug-likeness (QED) is 0.711. The van der Waals surface area contributed by atoms with Crippen LogP contribution in [0.5, 0.6) is 0 Å². The van der Waals surface area contributed by atoms with E-state index in [1.807, 2.05) is 0 Å². The van der Waals surface area contributed by atoms with Gasteiger partial charge in [0.1, 0.15) is 5.78 Å². The maximum atomic E-state index is 12.7. The average Bonchev–Trinajstić information content (AvgIpc) is 2.74. The van der Waals surface area contributed by atoms with Gasteiger partial charge < -0.3 is 0 Å². The second-order valence-corrected chi connectivity index (χ2v) is 7.06. The van der Waals surface area contributed by atoms with Gasteiger partial charge in [0, 0.05) is 11.3 Å². The van der Waals surface area contributed by atoms with Crippen molar-refractivity contribution in [3.8, 4) is 0 Å². The molecule has 0 aromatic heterocycles. The second-order valence-electron chi connectivity index (χ2n) is 7.06. The topological polar surface area (TPSA) is 17.1 Å². The van der Waals surface area contributed by atoms with Crippen LogP contribution in [-0.2, 0) is 4.79 Å². The molecule has 0 saturated heterocycles. The van der Waals surface area contributed by atoms with Crippen LogP contribution in [0.15, 0.2) is 0 Å². The Labute approximate surface area is 99.0 Å². The van der Waals surface area contributed by atoms with Crippen LogP contribution in [0.1, 0.15) is 47.0 Å². The van der Waals surface area contributed by atoms with Crippen LogP contribution in [0.25, 0.3) is 0 Å². The van der Waals surface area contributed by atoms with Gasteiger partial charge in [-0.15, -0.1) is 0 Å². The fourth-order valence-corrected chi connectivity index (χ4v) is 5.61. The molecule has 3 saturated carbocycles. The van der Waals surface area contributed by atoms with Crippen molar-refractivity contribution in [2.45, 2.75) is 47.0 Å². The van der Waals surface area contributed by atoms with Gasteiger partial charge in [-0.05, 0) is 48.9 Å². The number of rotatable bonds is 3. The molecule has 1 nitrogen and oxygen atoms in total. The van der Waals surface area contributed by atoms with E-state index in [1.165, 1.54) is 19.3 Å². The van der Waals surface area contributed by atoms with Gasteiger partial charge >= 0.3 is 0 Å². The van der Waals surface area contributed by atoms with Gasteiger partial charge in [0.2, 0.25) is 0 Å². The molecule has 0 aromatic rings. The highest BCUT2D eigenvalue weighted by Crippen LogP contribution is 2.75. The molecule has 1 heteroatoms. The van der Waals surface area contributed by atoms with E-state index in [2.05, 4.69) is 27.7 Å². The van der Waals surface area contributed by atoms with Crippen molar-refractivity contribution in [1.29, 1.82) is 0 Å². The third-order valence-electron chi connectivity index (χ3n) is 5.95. The third-order valence-corrected chi connectivity index (χ3v) is 5.95. The molecule has 90 valence electrons. The number of hydrogen-bond acceptors (Lipinski definition) is 1. The van der Waals surface area contributed by atoms with Crippen molar-refractivity contribution in [2.24, 2.45) is 40.9 Å². The number of carbonyl (C=O) groups is 1. The Balaban J connectivity index is 1.97. The molecule has 3 fully saturated rings. The van der Waals surface area contributed by atoms with Crippen LogP contribution in [-0.4, -0.2) is 5.78 Å². The first-order valence-electron chi connectivity index (χ1n) is 7.03. The SMILES string of the molecule is CC(C)C(=O)C1(C(C)C)C2CC3CC2C1C3. The van der Waals surface area contributed by atoms with Gasteiger partial charge in [-0.3, -0.25) is 4.79 Å². The van der Waals surface area contributed by atoms with E-state index in [4.69, 9.17) is 0 Å². The maximum Gasteiger partial charge on any atom is 0.142 e. The zero-order valence-electron chi connectivity index (χ0n) is 11.0. The molecule has 2 atom stereocenters. The zero-order chi connectivity index (χ0) is 11.7.